The molecule has 0 atom stereocenters. The van der Waals surface area contributed by atoms with E-state index in [1.54, 1.807) is 18.6 Å². The lowest BCUT2D eigenvalue weighted by atomic mass is 10.2. The first-order valence-electron chi connectivity index (χ1n) is 5.65. The average Bonchev–Trinajstić information content (AvgIpc) is 2.47. The van der Waals surface area contributed by atoms with Crippen molar-refractivity contribution in [1.29, 1.82) is 5.26 Å². The molecular weight excluding hydrogens is 258 g/mol. The summed E-state index contributed by atoms with van der Waals surface area (Å²) < 4.78 is 0. The van der Waals surface area contributed by atoms with Crippen molar-refractivity contribution in [2.75, 3.05) is 18.2 Å². The van der Waals surface area contributed by atoms with Crippen molar-refractivity contribution in [1.82, 2.24) is 15.0 Å². The summed E-state index contributed by atoms with van der Waals surface area (Å²) in [5.74, 6) is 0.644. The number of rotatable bonds is 4. The molecule has 0 aromatic carbocycles. The Kier molecular flexibility index (Phi) is 4.31. The van der Waals surface area contributed by atoms with Gasteiger partial charge in [0, 0.05) is 26.0 Å². The molecule has 0 radical (unpaired) electrons. The zero-order valence-corrected chi connectivity index (χ0v) is 11.6. The van der Waals surface area contributed by atoms with Gasteiger partial charge in [-0.1, -0.05) is 17.8 Å². The molecule has 0 spiro atoms. The second kappa shape index (κ2) is 6.16. The highest BCUT2D eigenvalue weighted by Gasteiger charge is 2.11. The zero-order valence-electron chi connectivity index (χ0n) is 10.7. The molecule has 0 aliphatic carbocycles. The van der Waals surface area contributed by atoms with Crippen LogP contribution in [0.1, 0.15) is 11.1 Å². The lowest BCUT2D eigenvalue weighted by Crippen LogP contribution is -2.19. The van der Waals surface area contributed by atoms with E-state index in [9.17, 15) is 0 Å². The van der Waals surface area contributed by atoms with E-state index >= 15 is 0 Å². The molecule has 2 rings (SSSR count). The second-order valence-electron chi connectivity index (χ2n) is 3.92. The Hall–Kier alpha value is -2.13. The summed E-state index contributed by atoms with van der Waals surface area (Å²) >= 11 is 1.46. The van der Waals surface area contributed by atoms with E-state index in [0.717, 1.165) is 5.56 Å². The standard InChI is InChI=1S/C13H13N5S/c1-18(9-10-4-3-5-15-7-10)12-11(6-14)8-16-13(17-12)19-2/h3-5,7-8H,9H2,1-2H3. The van der Waals surface area contributed by atoms with E-state index in [1.807, 2.05) is 30.3 Å². The van der Waals surface area contributed by atoms with Crippen LogP contribution >= 0.6 is 11.8 Å². The first kappa shape index (κ1) is 13.3. The summed E-state index contributed by atoms with van der Waals surface area (Å²) in [6, 6.07) is 6.00. The Morgan fingerprint density at radius 1 is 1.42 bits per heavy atom. The van der Waals surface area contributed by atoms with Gasteiger partial charge in [0.25, 0.3) is 0 Å². The highest BCUT2D eigenvalue weighted by atomic mass is 32.2. The number of thioether (sulfide) groups is 1. The van der Waals surface area contributed by atoms with E-state index in [1.165, 1.54) is 11.8 Å². The maximum absolute atomic E-state index is 9.12. The Labute approximate surface area is 116 Å². The SMILES string of the molecule is CSc1ncc(C#N)c(N(C)Cc2cccnc2)n1. The fourth-order valence-electron chi connectivity index (χ4n) is 1.67. The highest BCUT2D eigenvalue weighted by molar-refractivity contribution is 7.98. The molecule has 6 heteroatoms. The molecule has 0 fully saturated rings. The topological polar surface area (TPSA) is 65.7 Å². The molecular formula is C13H13N5S. The molecule has 0 saturated carbocycles. The predicted molar refractivity (Wildman–Crippen MR) is 74.9 cm³/mol. The third-order valence-corrected chi connectivity index (χ3v) is 3.12. The van der Waals surface area contributed by atoms with E-state index in [2.05, 4.69) is 21.0 Å². The minimum Gasteiger partial charge on any atom is -0.354 e. The van der Waals surface area contributed by atoms with Gasteiger partial charge >= 0.3 is 0 Å². The maximum atomic E-state index is 9.12. The van der Waals surface area contributed by atoms with Crippen LogP contribution in [0.4, 0.5) is 5.82 Å². The number of nitrogens with zero attached hydrogens (tertiary/aromatic N) is 5. The van der Waals surface area contributed by atoms with Crippen LogP contribution in [0, 0.1) is 11.3 Å². The number of pyridine rings is 1. The third kappa shape index (κ3) is 3.20. The maximum Gasteiger partial charge on any atom is 0.189 e. The Morgan fingerprint density at radius 2 is 2.26 bits per heavy atom. The highest BCUT2D eigenvalue weighted by Crippen LogP contribution is 2.20. The fourth-order valence-corrected chi connectivity index (χ4v) is 2.00. The first-order valence-corrected chi connectivity index (χ1v) is 6.88. The molecule has 0 aliphatic rings. The summed E-state index contributed by atoms with van der Waals surface area (Å²) in [6.07, 6.45) is 7.01. The molecule has 5 nitrogen and oxygen atoms in total. The van der Waals surface area contributed by atoms with Crippen LogP contribution in [0.5, 0.6) is 0 Å². The summed E-state index contributed by atoms with van der Waals surface area (Å²) in [5, 5.41) is 9.78. The van der Waals surface area contributed by atoms with Gasteiger partial charge in [0.2, 0.25) is 0 Å². The van der Waals surface area contributed by atoms with Crippen molar-refractivity contribution in [3.8, 4) is 6.07 Å². The van der Waals surface area contributed by atoms with Gasteiger partial charge in [0.05, 0.1) is 6.20 Å². The van der Waals surface area contributed by atoms with Crippen molar-refractivity contribution >= 4 is 17.6 Å². The number of hydrogen-bond acceptors (Lipinski definition) is 6. The van der Waals surface area contributed by atoms with Crippen molar-refractivity contribution < 1.29 is 0 Å². The predicted octanol–water partition coefficient (Wildman–Crippen LogP) is 2.10. The average molecular weight is 271 g/mol. The van der Waals surface area contributed by atoms with Gasteiger partial charge < -0.3 is 4.90 Å². The summed E-state index contributed by atoms with van der Waals surface area (Å²) in [7, 11) is 1.90. The van der Waals surface area contributed by atoms with E-state index in [0.29, 0.717) is 23.1 Å². The van der Waals surface area contributed by atoms with Crippen molar-refractivity contribution in [2.24, 2.45) is 0 Å². The molecule has 2 heterocycles. The van der Waals surface area contributed by atoms with Crippen LogP contribution < -0.4 is 4.90 Å². The van der Waals surface area contributed by atoms with Crippen molar-refractivity contribution in [3.05, 3.63) is 41.9 Å². The third-order valence-electron chi connectivity index (χ3n) is 2.55. The zero-order chi connectivity index (χ0) is 13.7. The van der Waals surface area contributed by atoms with Crippen molar-refractivity contribution in [2.45, 2.75) is 11.7 Å². The van der Waals surface area contributed by atoms with Gasteiger partial charge in [-0.05, 0) is 17.9 Å². The van der Waals surface area contributed by atoms with E-state index in [4.69, 9.17) is 5.26 Å². The Morgan fingerprint density at radius 3 is 2.89 bits per heavy atom. The molecule has 0 aliphatic heterocycles. The van der Waals surface area contributed by atoms with Gasteiger partial charge in [0.15, 0.2) is 11.0 Å². The van der Waals surface area contributed by atoms with Crippen LogP contribution in [0.25, 0.3) is 0 Å². The van der Waals surface area contributed by atoms with Gasteiger partial charge in [-0.2, -0.15) is 5.26 Å². The Bertz CT molecular complexity index is 594. The number of aromatic nitrogens is 3. The van der Waals surface area contributed by atoms with Gasteiger partial charge in [-0.25, -0.2) is 9.97 Å². The molecule has 19 heavy (non-hydrogen) atoms. The fraction of sp³-hybridized carbons (Fsp3) is 0.231. The minimum absolute atomic E-state index is 0.476. The van der Waals surface area contributed by atoms with E-state index < -0.39 is 0 Å². The normalized spacial score (nSPS) is 9.95. The Balaban J connectivity index is 2.27. The molecule has 0 N–H and O–H groups in total. The number of nitriles is 1. The lowest BCUT2D eigenvalue weighted by Gasteiger charge is -2.19. The molecule has 96 valence electrons. The lowest BCUT2D eigenvalue weighted by molar-refractivity contribution is 0.849. The van der Waals surface area contributed by atoms with Gasteiger partial charge in [-0.15, -0.1) is 0 Å². The van der Waals surface area contributed by atoms with Crippen LogP contribution in [0.3, 0.4) is 0 Å². The largest absolute Gasteiger partial charge is 0.354 e. The van der Waals surface area contributed by atoms with Crippen molar-refractivity contribution in [3.63, 3.8) is 0 Å². The van der Waals surface area contributed by atoms with Gasteiger partial charge in [-0.3, -0.25) is 4.98 Å². The summed E-state index contributed by atoms with van der Waals surface area (Å²) in [6.45, 7) is 0.646. The summed E-state index contributed by atoms with van der Waals surface area (Å²) in [5.41, 5.74) is 1.54. The molecule has 0 bridgehead atoms. The smallest absolute Gasteiger partial charge is 0.189 e. The number of anilines is 1. The van der Waals surface area contributed by atoms with Crippen LogP contribution in [0.15, 0.2) is 35.9 Å². The van der Waals surface area contributed by atoms with Crippen LogP contribution in [-0.4, -0.2) is 28.3 Å². The van der Waals surface area contributed by atoms with Crippen LogP contribution in [0.2, 0.25) is 0 Å². The number of hydrogen-bond donors (Lipinski definition) is 0. The monoisotopic (exact) mass is 271 g/mol. The quantitative estimate of drug-likeness (QED) is 0.626. The minimum atomic E-state index is 0.476. The molecule has 0 saturated heterocycles. The molecule has 0 unspecified atom stereocenters. The molecule has 2 aromatic rings. The summed E-state index contributed by atoms with van der Waals surface area (Å²) in [4.78, 5) is 14.5. The molecule has 0 amide bonds. The van der Waals surface area contributed by atoms with Gasteiger partial charge in [0.1, 0.15) is 11.6 Å². The first-order chi connectivity index (χ1) is 9.24. The second-order valence-corrected chi connectivity index (χ2v) is 4.70. The molecule has 2 aromatic heterocycles. The van der Waals surface area contributed by atoms with Crippen LogP contribution in [-0.2, 0) is 6.54 Å². The van der Waals surface area contributed by atoms with E-state index in [-0.39, 0.29) is 0 Å².